The molecule has 0 saturated carbocycles. The predicted octanol–water partition coefficient (Wildman–Crippen LogP) is 2.74. The average Bonchev–Trinajstić information content (AvgIpc) is 2.12. The first-order valence-electron chi connectivity index (χ1n) is 4.87. The second kappa shape index (κ2) is 5.37. The Morgan fingerprint density at radius 2 is 2.00 bits per heavy atom. The van der Waals surface area contributed by atoms with Crippen LogP contribution in [0.1, 0.15) is 5.56 Å². The summed E-state index contributed by atoms with van der Waals surface area (Å²) in [5.41, 5.74) is 1.45. The van der Waals surface area contributed by atoms with Gasteiger partial charge in [0.25, 0.3) is 0 Å². The Morgan fingerprint density at radius 3 is 2.57 bits per heavy atom. The molecule has 0 spiro atoms. The van der Waals surface area contributed by atoms with Gasteiger partial charge in [0.1, 0.15) is 0 Å². The lowest BCUT2D eigenvalue weighted by Gasteiger charge is -2.26. The van der Waals surface area contributed by atoms with Gasteiger partial charge in [0, 0.05) is 9.32 Å². The quantitative estimate of drug-likeness (QED) is 0.857. The molecule has 0 atom stereocenters. The number of hydrogen-bond acceptors (Lipinski definition) is 2. The summed E-state index contributed by atoms with van der Waals surface area (Å²) in [5, 5.41) is 3.30. The summed E-state index contributed by atoms with van der Waals surface area (Å²) in [5.74, 6) is 3.38. The fourth-order valence-corrected chi connectivity index (χ4v) is 2.87. The lowest BCUT2D eigenvalue weighted by molar-refractivity contribution is 0.385. The van der Waals surface area contributed by atoms with Crippen LogP contribution >= 0.6 is 34.4 Å². The largest absolute Gasteiger partial charge is 0.316 e. The van der Waals surface area contributed by atoms with Crippen molar-refractivity contribution in [2.24, 2.45) is 5.92 Å². The number of hydrogen-bond donors (Lipinski definition) is 1. The van der Waals surface area contributed by atoms with Gasteiger partial charge < -0.3 is 5.32 Å². The molecule has 1 aromatic carbocycles. The molecular formula is C11H14INS. The number of thioether (sulfide) groups is 1. The summed E-state index contributed by atoms with van der Waals surface area (Å²) in [7, 11) is 0. The molecule has 0 aliphatic carbocycles. The zero-order valence-electron chi connectivity index (χ0n) is 8.00. The highest BCUT2D eigenvalue weighted by atomic mass is 127. The highest BCUT2D eigenvalue weighted by Gasteiger charge is 2.15. The second-order valence-corrected chi connectivity index (χ2v) is 5.94. The van der Waals surface area contributed by atoms with Crippen molar-refractivity contribution in [1.82, 2.24) is 5.32 Å². The van der Waals surface area contributed by atoms with E-state index in [9.17, 15) is 0 Å². The van der Waals surface area contributed by atoms with Crippen LogP contribution in [0.15, 0.2) is 24.3 Å². The van der Waals surface area contributed by atoms with E-state index >= 15 is 0 Å². The van der Waals surface area contributed by atoms with Crippen molar-refractivity contribution in [2.45, 2.75) is 5.75 Å². The number of halogens is 1. The van der Waals surface area contributed by atoms with Crippen LogP contribution in [0.4, 0.5) is 0 Å². The summed E-state index contributed by atoms with van der Waals surface area (Å²) in [6, 6.07) is 8.82. The fraction of sp³-hybridized carbons (Fsp3) is 0.455. The van der Waals surface area contributed by atoms with Crippen molar-refractivity contribution in [2.75, 3.05) is 18.8 Å². The van der Waals surface area contributed by atoms with Gasteiger partial charge in [0.05, 0.1) is 0 Å². The van der Waals surface area contributed by atoms with Crippen molar-refractivity contribution in [3.63, 3.8) is 0 Å². The van der Waals surface area contributed by atoms with E-state index in [-0.39, 0.29) is 0 Å². The van der Waals surface area contributed by atoms with Gasteiger partial charge in [0.2, 0.25) is 0 Å². The fourth-order valence-electron chi connectivity index (χ4n) is 1.39. The first kappa shape index (κ1) is 10.8. The minimum Gasteiger partial charge on any atom is -0.316 e. The van der Waals surface area contributed by atoms with E-state index in [0.717, 1.165) is 11.7 Å². The molecule has 0 radical (unpaired) electrons. The van der Waals surface area contributed by atoms with E-state index in [0.29, 0.717) is 0 Å². The highest BCUT2D eigenvalue weighted by molar-refractivity contribution is 14.1. The van der Waals surface area contributed by atoms with Gasteiger partial charge in [0.15, 0.2) is 0 Å². The van der Waals surface area contributed by atoms with Crippen molar-refractivity contribution in [3.05, 3.63) is 33.4 Å². The van der Waals surface area contributed by atoms with E-state index in [2.05, 4.69) is 63.9 Å². The van der Waals surface area contributed by atoms with Crippen molar-refractivity contribution < 1.29 is 0 Å². The van der Waals surface area contributed by atoms with Crippen LogP contribution in [0, 0.1) is 9.49 Å². The van der Waals surface area contributed by atoms with Crippen LogP contribution < -0.4 is 5.32 Å². The summed E-state index contributed by atoms with van der Waals surface area (Å²) in [6.07, 6.45) is 0. The molecule has 3 heteroatoms. The molecule has 2 rings (SSSR count). The third-order valence-corrected chi connectivity index (χ3v) is 4.37. The topological polar surface area (TPSA) is 12.0 Å². The van der Waals surface area contributed by atoms with Gasteiger partial charge in [-0.15, -0.1) is 0 Å². The van der Waals surface area contributed by atoms with E-state index in [1.54, 1.807) is 0 Å². The second-order valence-electron chi connectivity index (χ2n) is 3.67. The molecule has 0 unspecified atom stereocenters. The molecule has 1 aliphatic heterocycles. The lowest BCUT2D eigenvalue weighted by atomic mass is 10.1. The van der Waals surface area contributed by atoms with Gasteiger partial charge in [-0.05, 0) is 65.0 Å². The van der Waals surface area contributed by atoms with E-state index in [4.69, 9.17) is 0 Å². The molecule has 1 aliphatic rings. The Kier molecular flexibility index (Phi) is 4.13. The molecule has 76 valence electrons. The Hall–Kier alpha value is 0.260. The zero-order valence-corrected chi connectivity index (χ0v) is 11.0. The maximum absolute atomic E-state index is 3.30. The molecule has 0 amide bonds. The normalized spacial score (nSPS) is 16.6. The number of benzene rings is 1. The van der Waals surface area contributed by atoms with Gasteiger partial charge in [-0.25, -0.2) is 0 Å². The molecule has 1 nitrogen and oxygen atoms in total. The molecule has 14 heavy (non-hydrogen) atoms. The van der Waals surface area contributed by atoms with Gasteiger partial charge in [-0.3, -0.25) is 0 Å². The minimum absolute atomic E-state index is 0.920. The smallest absolute Gasteiger partial charge is 0.0184 e. The minimum atomic E-state index is 0.920. The van der Waals surface area contributed by atoms with Crippen LogP contribution in [0.5, 0.6) is 0 Å². The lowest BCUT2D eigenvalue weighted by Crippen LogP contribution is -2.43. The molecule has 1 fully saturated rings. The summed E-state index contributed by atoms with van der Waals surface area (Å²) < 4.78 is 1.32. The molecular weight excluding hydrogens is 305 g/mol. The molecule has 0 aromatic heterocycles. The third kappa shape index (κ3) is 3.14. The van der Waals surface area contributed by atoms with Gasteiger partial charge in [-0.1, -0.05) is 12.1 Å². The molecule has 1 heterocycles. The van der Waals surface area contributed by atoms with Crippen LogP contribution in [0.25, 0.3) is 0 Å². The Bertz CT molecular complexity index is 282. The van der Waals surface area contributed by atoms with Crippen molar-refractivity contribution >= 4 is 34.4 Å². The van der Waals surface area contributed by atoms with E-state index in [1.807, 2.05) is 0 Å². The van der Waals surface area contributed by atoms with E-state index in [1.165, 1.54) is 28.0 Å². The summed E-state index contributed by atoms with van der Waals surface area (Å²) >= 11 is 4.40. The summed E-state index contributed by atoms with van der Waals surface area (Å²) in [4.78, 5) is 0. The Balaban J connectivity index is 1.71. The van der Waals surface area contributed by atoms with Crippen LogP contribution in [0.3, 0.4) is 0 Å². The Morgan fingerprint density at radius 1 is 1.29 bits per heavy atom. The molecule has 0 bridgehead atoms. The van der Waals surface area contributed by atoms with Crippen molar-refractivity contribution in [3.8, 4) is 0 Å². The predicted molar refractivity (Wildman–Crippen MR) is 71.7 cm³/mol. The average molecular weight is 319 g/mol. The van der Waals surface area contributed by atoms with Crippen LogP contribution in [-0.2, 0) is 5.75 Å². The highest BCUT2D eigenvalue weighted by Crippen LogP contribution is 2.18. The van der Waals surface area contributed by atoms with Gasteiger partial charge >= 0.3 is 0 Å². The summed E-state index contributed by atoms with van der Waals surface area (Å²) in [6.45, 7) is 2.44. The first-order valence-corrected chi connectivity index (χ1v) is 7.11. The van der Waals surface area contributed by atoms with Crippen molar-refractivity contribution in [1.29, 1.82) is 0 Å². The third-order valence-electron chi connectivity index (χ3n) is 2.40. The SMILES string of the molecule is Ic1ccc(CSCC2CNC2)cc1. The van der Waals surface area contributed by atoms with Crippen LogP contribution in [-0.4, -0.2) is 18.8 Å². The maximum Gasteiger partial charge on any atom is 0.0184 e. The monoisotopic (exact) mass is 319 g/mol. The maximum atomic E-state index is 3.30. The molecule has 1 N–H and O–H groups in total. The molecule has 1 saturated heterocycles. The number of rotatable bonds is 4. The zero-order chi connectivity index (χ0) is 9.80. The first-order chi connectivity index (χ1) is 6.84. The number of nitrogens with one attached hydrogen (secondary N) is 1. The Labute approximate surface area is 103 Å². The van der Waals surface area contributed by atoms with Crippen LogP contribution in [0.2, 0.25) is 0 Å². The molecule has 1 aromatic rings. The standard InChI is InChI=1S/C11H14INS/c12-11-3-1-9(2-4-11)7-14-8-10-5-13-6-10/h1-4,10,13H,5-8H2. The van der Waals surface area contributed by atoms with Gasteiger partial charge in [-0.2, -0.15) is 11.8 Å². The van der Waals surface area contributed by atoms with E-state index < -0.39 is 0 Å².